The summed E-state index contributed by atoms with van der Waals surface area (Å²) in [7, 11) is 1.18. The molecule has 2 N–H and O–H groups in total. The minimum Gasteiger partial charge on any atom is -0.481 e. The van der Waals surface area contributed by atoms with Crippen molar-refractivity contribution < 1.29 is 24.2 Å². The van der Waals surface area contributed by atoms with Crippen LogP contribution < -0.4 is 10.1 Å². The number of aliphatic hydroxyl groups is 1. The third-order valence-corrected chi connectivity index (χ3v) is 2.41. The maximum atomic E-state index is 11.8. The second-order valence-corrected chi connectivity index (χ2v) is 3.84. The Morgan fingerprint density at radius 2 is 1.95 bits per heavy atom. The van der Waals surface area contributed by atoms with Crippen LogP contribution in [0, 0.1) is 0 Å². The van der Waals surface area contributed by atoms with Gasteiger partial charge in [-0.2, -0.15) is 0 Å². The molecule has 0 saturated heterocycles. The number of hydrogen-bond donors (Lipinski definition) is 2. The summed E-state index contributed by atoms with van der Waals surface area (Å²) < 4.78 is 9.84. The Morgan fingerprint density at radius 3 is 2.47 bits per heavy atom. The Balaban J connectivity index is 2.55. The first kappa shape index (κ1) is 15.0. The van der Waals surface area contributed by atoms with Crippen LogP contribution >= 0.6 is 0 Å². The normalized spacial score (nSPS) is 13.2. The third kappa shape index (κ3) is 4.59. The zero-order valence-corrected chi connectivity index (χ0v) is 10.8. The second-order valence-electron chi connectivity index (χ2n) is 3.84. The van der Waals surface area contributed by atoms with Gasteiger partial charge in [0.05, 0.1) is 13.7 Å². The molecule has 1 aromatic rings. The number of methoxy groups -OCH3 is 1. The van der Waals surface area contributed by atoms with Gasteiger partial charge >= 0.3 is 5.97 Å². The summed E-state index contributed by atoms with van der Waals surface area (Å²) in [4.78, 5) is 23.0. The number of amides is 1. The molecule has 0 fully saturated rings. The van der Waals surface area contributed by atoms with Gasteiger partial charge in [0.1, 0.15) is 5.75 Å². The van der Waals surface area contributed by atoms with E-state index in [1.165, 1.54) is 7.11 Å². The molecule has 0 aliphatic heterocycles. The van der Waals surface area contributed by atoms with Gasteiger partial charge in [-0.05, 0) is 19.1 Å². The molecule has 1 rings (SSSR count). The summed E-state index contributed by atoms with van der Waals surface area (Å²) in [6, 6.07) is 7.74. The fourth-order valence-electron chi connectivity index (χ4n) is 1.37. The van der Waals surface area contributed by atoms with Gasteiger partial charge in [0, 0.05) is 0 Å². The number of hydrogen-bond acceptors (Lipinski definition) is 5. The average molecular weight is 267 g/mol. The van der Waals surface area contributed by atoms with Gasteiger partial charge in [-0.15, -0.1) is 0 Å². The SMILES string of the molecule is COC(=O)C(CO)NC(=O)C(C)Oc1ccccc1. The van der Waals surface area contributed by atoms with Crippen LogP contribution in [-0.4, -0.2) is 42.8 Å². The Kier molecular flexibility index (Phi) is 5.81. The molecule has 2 unspecified atom stereocenters. The highest BCUT2D eigenvalue weighted by atomic mass is 16.5. The van der Waals surface area contributed by atoms with Crippen molar-refractivity contribution in [3.8, 4) is 5.75 Å². The molecule has 0 bridgehead atoms. The van der Waals surface area contributed by atoms with E-state index in [1.807, 2.05) is 6.07 Å². The van der Waals surface area contributed by atoms with Crippen molar-refractivity contribution in [3.05, 3.63) is 30.3 Å². The number of nitrogens with one attached hydrogen (secondary N) is 1. The smallest absolute Gasteiger partial charge is 0.330 e. The Hall–Kier alpha value is -2.08. The molecule has 0 spiro atoms. The van der Waals surface area contributed by atoms with Crippen LogP contribution in [0.3, 0.4) is 0 Å². The summed E-state index contributed by atoms with van der Waals surface area (Å²) >= 11 is 0. The fraction of sp³-hybridized carbons (Fsp3) is 0.385. The maximum Gasteiger partial charge on any atom is 0.330 e. The Morgan fingerprint density at radius 1 is 1.32 bits per heavy atom. The fourth-order valence-corrected chi connectivity index (χ4v) is 1.37. The monoisotopic (exact) mass is 267 g/mol. The molecule has 0 heterocycles. The molecule has 0 radical (unpaired) electrons. The number of ether oxygens (including phenoxy) is 2. The summed E-state index contributed by atoms with van der Waals surface area (Å²) in [5, 5.41) is 11.3. The lowest BCUT2D eigenvalue weighted by Gasteiger charge is -2.18. The molecular formula is C13H17NO5. The third-order valence-electron chi connectivity index (χ3n) is 2.41. The van der Waals surface area contributed by atoms with E-state index >= 15 is 0 Å². The minimum atomic E-state index is -1.08. The summed E-state index contributed by atoms with van der Waals surface area (Å²) in [6.45, 7) is 1.02. The van der Waals surface area contributed by atoms with Gasteiger partial charge in [0.2, 0.25) is 0 Å². The molecule has 2 atom stereocenters. The Bertz CT molecular complexity index is 420. The first-order chi connectivity index (χ1) is 9.08. The van der Waals surface area contributed by atoms with E-state index in [2.05, 4.69) is 10.1 Å². The molecule has 1 amide bonds. The van der Waals surface area contributed by atoms with Crippen molar-refractivity contribution in [3.63, 3.8) is 0 Å². The maximum absolute atomic E-state index is 11.8. The topological polar surface area (TPSA) is 84.9 Å². The lowest BCUT2D eigenvalue weighted by molar-refractivity contribution is -0.147. The molecule has 0 aliphatic rings. The van der Waals surface area contributed by atoms with E-state index < -0.39 is 30.6 Å². The van der Waals surface area contributed by atoms with E-state index in [0.29, 0.717) is 5.75 Å². The van der Waals surface area contributed by atoms with E-state index in [0.717, 1.165) is 0 Å². The highest BCUT2D eigenvalue weighted by Crippen LogP contribution is 2.10. The van der Waals surface area contributed by atoms with E-state index in [9.17, 15) is 9.59 Å². The molecule has 6 nitrogen and oxygen atoms in total. The molecular weight excluding hydrogens is 250 g/mol. The van der Waals surface area contributed by atoms with Crippen LogP contribution in [0.5, 0.6) is 5.75 Å². The predicted molar refractivity (Wildman–Crippen MR) is 67.6 cm³/mol. The van der Waals surface area contributed by atoms with E-state index in [1.54, 1.807) is 31.2 Å². The van der Waals surface area contributed by atoms with Crippen molar-refractivity contribution in [2.45, 2.75) is 19.1 Å². The van der Waals surface area contributed by atoms with Gasteiger partial charge < -0.3 is 19.9 Å². The van der Waals surface area contributed by atoms with Crippen LogP contribution in [0.25, 0.3) is 0 Å². The predicted octanol–water partition coefficient (Wildman–Crippen LogP) is 0.104. The standard InChI is InChI=1S/C13H17NO5/c1-9(19-10-6-4-3-5-7-10)12(16)14-11(8-15)13(17)18-2/h3-7,9,11,15H,8H2,1-2H3,(H,14,16). The van der Waals surface area contributed by atoms with Crippen LogP contribution in [-0.2, 0) is 14.3 Å². The minimum absolute atomic E-state index is 0.506. The van der Waals surface area contributed by atoms with E-state index in [-0.39, 0.29) is 0 Å². The molecule has 104 valence electrons. The molecule has 0 aromatic heterocycles. The zero-order chi connectivity index (χ0) is 14.3. The van der Waals surface area contributed by atoms with Gasteiger partial charge in [-0.3, -0.25) is 4.79 Å². The van der Waals surface area contributed by atoms with Gasteiger partial charge in [0.25, 0.3) is 5.91 Å². The average Bonchev–Trinajstić information content (AvgIpc) is 2.44. The molecule has 1 aromatic carbocycles. The lowest BCUT2D eigenvalue weighted by Crippen LogP contribution is -2.48. The van der Waals surface area contributed by atoms with Gasteiger partial charge in [-0.25, -0.2) is 4.79 Å². The highest BCUT2D eigenvalue weighted by molar-refractivity contribution is 5.86. The highest BCUT2D eigenvalue weighted by Gasteiger charge is 2.24. The van der Waals surface area contributed by atoms with Crippen LogP contribution in [0.15, 0.2) is 30.3 Å². The van der Waals surface area contributed by atoms with Crippen molar-refractivity contribution in [1.29, 1.82) is 0 Å². The molecule has 0 aliphatic carbocycles. The van der Waals surface area contributed by atoms with Crippen LogP contribution in [0.1, 0.15) is 6.92 Å². The molecule has 6 heteroatoms. The van der Waals surface area contributed by atoms with Crippen molar-refractivity contribution >= 4 is 11.9 Å². The summed E-state index contributed by atoms with van der Waals surface area (Å²) in [5.41, 5.74) is 0. The quantitative estimate of drug-likeness (QED) is 0.714. The van der Waals surface area contributed by atoms with Crippen molar-refractivity contribution in [2.24, 2.45) is 0 Å². The van der Waals surface area contributed by atoms with Crippen molar-refractivity contribution in [2.75, 3.05) is 13.7 Å². The number of aliphatic hydroxyl groups excluding tert-OH is 1. The number of benzene rings is 1. The van der Waals surface area contributed by atoms with Crippen LogP contribution in [0.4, 0.5) is 0 Å². The summed E-state index contributed by atoms with van der Waals surface area (Å²) in [5.74, 6) is -0.667. The number of rotatable bonds is 6. The lowest BCUT2D eigenvalue weighted by atomic mass is 10.2. The first-order valence-electron chi connectivity index (χ1n) is 5.79. The van der Waals surface area contributed by atoms with Gasteiger partial charge in [-0.1, -0.05) is 18.2 Å². The number of carbonyl (C=O) groups is 2. The van der Waals surface area contributed by atoms with Gasteiger partial charge in [0.15, 0.2) is 12.1 Å². The molecule has 19 heavy (non-hydrogen) atoms. The number of para-hydroxylation sites is 1. The molecule has 0 saturated carbocycles. The largest absolute Gasteiger partial charge is 0.481 e. The second kappa shape index (κ2) is 7.38. The van der Waals surface area contributed by atoms with Crippen molar-refractivity contribution in [1.82, 2.24) is 5.32 Å². The number of esters is 1. The Labute approximate surface area is 111 Å². The number of carbonyl (C=O) groups excluding carboxylic acids is 2. The zero-order valence-electron chi connectivity index (χ0n) is 10.8. The van der Waals surface area contributed by atoms with E-state index in [4.69, 9.17) is 9.84 Å². The van der Waals surface area contributed by atoms with Crippen LogP contribution in [0.2, 0.25) is 0 Å². The first-order valence-corrected chi connectivity index (χ1v) is 5.79. The summed E-state index contributed by atoms with van der Waals surface area (Å²) in [6.07, 6.45) is -0.791.